The molecule has 8 unspecified atom stereocenters. The topological polar surface area (TPSA) is 37.3 Å². The number of aliphatic hydroxyl groups excluding tert-OH is 1. The van der Waals surface area contributed by atoms with Crippen LogP contribution in [0.4, 0.5) is 0 Å². The maximum Gasteiger partial charge on any atom is 0.136 e. The fourth-order valence-electron chi connectivity index (χ4n) is 8.84. The molecular formula is C29H46O2. The fourth-order valence-corrected chi connectivity index (χ4v) is 8.84. The van der Waals surface area contributed by atoms with E-state index in [0.717, 1.165) is 19.3 Å². The summed E-state index contributed by atoms with van der Waals surface area (Å²) in [6.45, 7) is 16.4. The highest BCUT2D eigenvalue weighted by molar-refractivity contribution is 5.82. The number of Topliss-reactive ketones (excluding diaryl/α,β-unsaturated/α-hetero) is 1. The van der Waals surface area contributed by atoms with Gasteiger partial charge in [0.1, 0.15) is 5.78 Å². The minimum absolute atomic E-state index is 0.232. The number of hydrogen-bond donors (Lipinski definition) is 1. The Hall–Kier alpha value is -0.890. The predicted molar refractivity (Wildman–Crippen MR) is 129 cm³/mol. The summed E-state index contributed by atoms with van der Waals surface area (Å²) in [5, 5.41) is 11.0. The average molecular weight is 427 g/mol. The van der Waals surface area contributed by atoms with Crippen molar-refractivity contribution in [3.05, 3.63) is 22.8 Å². The predicted octanol–water partition coefficient (Wildman–Crippen LogP) is 7.27. The molecule has 2 saturated carbocycles. The minimum atomic E-state index is -0.243. The van der Waals surface area contributed by atoms with Gasteiger partial charge in [-0.2, -0.15) is 0 Å². The van der Waals surface area contributed by atoms with Gasteiger partial charge in [0, 0.05) is 12.3 Å². The first-order valence-electron chi connectivity index (χ1n) is 13.0. The van der Waals surface area contributed by atoms with E-state index in [0.29, 0.717) is 23.5 Å². The van der Waals surface area contributed by atoms with Crippen molar-refractivity contribution in [1.82, 2.24) is 0 Å². The lowest BCUT2D eigenvalue weighted by atomic mass is 9.45. The van der Waals surface area contributed by atoms with Crippen molar-refractivity contribution < 1.29 is 9.90 Å². The summed E-state index contributed by atoms with van der Waals surface area (Å²) in [6, 6.07) is 0. The Morgan fingerprint density at radius 1 is 1.06 bits per heavy atom. The Balaban J connectivity index is 1.65. The molecule has 0 aromatic carbocycles. The van der Waals surface area contributed by atoms with E-state index >= 15 is 0 Å². The molecule has 0 amide bonds. The van der Waals surface area contributed by atoms with Crippen LogP contribution in [0.5, 0.6) is 0 Å². The Labute approximate surface area is 191 Å². The molecular weight excluding hydrogens is 380 g/mol. The van der Waals surface area contributed by atoms with Gasteiger partial charge in [-0.05, 0) is 99.2 Å². The number of carbonyl (C=O) groups excluding carboxylic acids is 1. The Bertz CT molecular complexity index is 802. The van der Waals surface area contributed by atoms with E-state index in [2.05, 4.69) is 54.5 Å². The monoisotopic (exact) mass is 426 g/mol. The van der Waals surface area contributed by atoms with E-state index < -0.39 is 0 Å². The largest absolute Gasteiger partial charge is 0.393 e. The van der Waals surface area contributed by atoms with Crippen molar-refractivity contribution in [2.45, 2.75) is 112 Å². The lowest BCUT2D eigenvalue weighted by molar-refractivity contribution is -0.130. The van der Waals surface area contributed by atoms with Gasteiger partial charge in [0.2, 0.25) is 0 Å². The third-order valence-corrected chi connectivity index (χ3v) is 11.2. The number of rotatable bonds is 4. The summed E-state index contributed by atoms with van der Waals surface area (Å²) >= 11 is 0. The van der Waals surface area contributed by atoms with Crippen molar-refractivity contribution in [2.24, 2.45) is 39.9 Å². The van der Waals surface area contributed by atoms with Gasteiger partial charge in [0.25, 0.3) is 0 Å². The van der Waals surface area contributed by atoms with Crippen molar-refractivity contribution in [2.75, 3.05) is 0 Å². The standard InChI is InChI=1S/C29H46O2/c1-18(2)8-11-25(30)20(4)22-12-16-29(7)24-10-9-21-19(3)26(31)14-15-27(21,5)23(24)13-17-28(22,29)6/h8,19-22,25,30H,9-17H2,1-7H3. The molecule has 174 valence electrons. The summed E-state index contributed by atoms with van der Waals surface area (Å²) in [5.74, 6) is 2.20. The summed E-state index contributed by atoms with van der Waals surface area (Å²) in [5.41, 5.74) is 5.59. The summed E-state index contributed by atoms with van der Waals surface area (Å²) in [7, 11) is 0. The van der Waals surface area contributed by atoms with Crippen molar-refractivity contribution in [1.29, 1.82) is 0 Å². The first-order valence-corrected chi connectivity index (χ1v) is 13.0. The van der Waals surface area contributed by atoms with Crippen LogP contribution in [0.25, 0.3) is 0 Å². The molecule has 4 aliphatic carbocycles. The molecule has 0 aromatic heterocycles. The highest BCUT2D eigenvalue weighted by Gasteiger charge is 2.62. The SMILES string of the molecule is CC(C)=CCC(O)C(C)C1CCC2(C)C3=C(CCC12C)C1(C)CCC(=O)C(C)C1CC3. The molecule has 4 rings (SSSR count). The van der Waals surface area contributed by atoms with E-state index in [-0.39, 0.29) is 28.3 Å². The molecule has 1 N–H and O–H groups in total. The molecule has 0 bridgehead atoms. The van der Waals surface area contributed by atoms with Crippen LogP contribution < -0.4 is 0 Å². The second-order valence-corrected chi connectivity index (χ2v) is 12.6. The van der Waals surface area contributed by atoms with Gasteiger partial charge in [0.15, 0.2) is 0 Å². The lowest BCUT2D eigenvalue weighted by Gasteiger charge is -2.59. The molecule has 0 aromatic rings. The van der Waals surface area contributed by atoms with Crippen LogP contribution in [0.3, 0.4) is 0 Å². The molecule has 2 heteroatoms. The van der Waals surface area contributed by atoms with E-state index in [1.165, 1.54) is 44.1 Å². The van der Waals surface area contributed by atoms with Crippen LogP contribution in [-0.4, -0.2) is 17.0 Å². The average Bonchev–Trinajstić information content (AvgIpc) is 3.00. The van der Waals surface area contributed by atoms with Crippen LogP contribution in [0.1, 0.15) is 106 Å². The van der Waals surface area contributed by atoms with E-state index in [1.807, 2.05) is 0 Å². The second kappa shape index (κ2) is 7.86. The third-order valence-electron chi connectivity index (χ3n) is 11.2. The van der Waals surface area contributed by atoms with Gasteiger partial charge in [-0.3, -0.25) is 4.79 Å². The molecule has 2 fully saturated rings. The van der Waals surface area contributed by atoms with Gasteiger partial charge in [-0.25, -0.2) is 0 Å². The molecule has 0 radical (unpaired) electrons. The molecule has 4 aliphatic rings. The van der Waals surface area contributed by atoms with E-state index in [1.54, 1.807) is 11.1 Å². The Morgan fingerprint density at radius 3 is 2.45 bits per heavy atom. The maximum atomic E-state index is 12.5. The maximum absolute atomic E-state index is 12.5. The van der Waals surface area contributed by atoms with Crippen LogP contribution >= 0.6 is 0 Å². The zero-order valence-electron chi connectivity index (χ0n) is 21.2. The van der Waals surface area contributed by atoms with Crippen LogP contribution in [0.15, 0.2) is 22.8 Å². The quantitative estimate of drug-likeness (QED) is 0.480. The smallest absolute Gasteiger partial charge is 0.136 e. The normalized spacial score (nSPS) is 44.3. The Morgan fingerprint density at radius 2 is 1.77 bits per heavy atom. The van der Waals surface area contributed by atoms with Crippen molar-refractivity contribution >= 4 is 5.78 Å². The van der Waals surface area contributed by atoms with E-state index in [4.69, 9.17) is 0 Å². The number of aliphatic hydroxyl groups is 1. The van der Waals surface area contributed by atoms with Crippen LogP contribution in [0, 0.1) is 39.9 Å². The Kier molecular flexibility index (Phi) is 5.90. The van der Waals surface area contributed by atoms with Crippen LogP contribution in [0.2, 0.25) is 0 Å². The van der Waals surface area contributed by atoms with Gasteiger partial charge in [-0.1, -0.05) is 57.4 Å². The van der Waals surface area contributed by atoms with E-state index in [9.17, 15) is 9.90 Å². The zero-order valence-corrected chi connectivity index (χ0v) is 21.2. The van der Waals surface area contributed by atoms with Crippen LogP contribution in [-0.2, 0) is 4.79 Å². The summed E-state index contributed by atoms with van der Waals surface area (Å²) in [4.78, 5) is 12.5. The number of allylic oxidation sites excluding steroid dienone is 3. The number of fused-ring (bicyclic) bond motifs is 4. The fraction of sp³-hybridized carbons (Fsp3) is 0.828. The van der Waals surface area contributed by atoms with Gasteiger partial charge >= 0.3 is 0 Å². The zero-order chi connectivity index (χ0) is 22.8. The molecule has 2 nitrogen and oxygen atoms in total. The summed E-state index contributed by atoms with van der Waals surface area (Å²) < 4.78 is 0. The van der Waals surface area contributed by atoms with Crippen molar-refractivity contribution in [3.8, 4) is 0 Å². The number of carbonyl (C=O) groups is 1. The molecule has 0 aliphatic heterocycles. The number of ketones is 1. The molecule has 0 spiro atoms. The van der Waals surface area contributed by atoms with Crippen molar-refractivity contribution in [3.63, 3.8) is 0 Å². The first-order chi connectivity index (χ1) is 14.5. The molecule has 8 atom stereocenters. The third kappa shape index (κ3) is 3.33. The van der Waals surface area contributed by atoms with Gasteiger partial charge < -0.3 is 5.11 Å². The molecule has 31 heavy (non-hydrogen) atoms. The second-order valence-electron chi connectivity index (χ2n) is 12.6. The lowest BCUT2D eigenvalue weighted by Crippen LogP contribution is -2.51. The van der Waals surface area contributed by atoms with Gasteiger partial charge in [0.05, 0.1) is 6.10 Å². The highest BCUT2D eigenvalue weighted by Crippen LogP contribution is 2.71. The minimum Gasteiger partial charge on any atom is -0.393 e. The first kappa shape index (κ1) is 23.3. The molecule has 0 saturated heterocycles. The number of hydrogen-bond acceptors (Lipinski definition) is 2. The highest BCUT2D eigenvalue weighted by atomic mass is 16.3. The molecule has 0 heterocycles. The van der Waals surface area contributed by atoms with Gasteiger partial charge in [-0.15, -0.1) is 0 Å². The summed E-state index contributed by atoms with van der Waals surface area (Å²) in [6.07, 6.45) is 11.9.